The van der Waals surface area contributed by atoms with Crippen molar-refractivity contribution >= 4 is 33.2 Å². The molecule has 1 N–H and O–H groups in total. The first-order valence-corrected chi connectivity index (χ1v) is 9.64. The van der Waals surface area contributed by atoms with Gasteiger partial charge in [-0.2, -0.15) is 0 Å². The monoisotopic (exact) mass is 391 g/mol. The van der Waals surface area contributed by atoms with Gasteiger partial charge in [-0.3, -0.25) is 9.69 Å². The lowest BCUT2D eigenvalue weighted by molar-refractivity contribution is 0.196. The number of aryl methyl sites for hydroxylation is 2. The van der Waals surface area contributed by atoms with Crippen LogP contribution in [0.5, 0.6) is 5.75 Å². The van der Waals surface area contributed by atoms with Crippen LogP contribution >= 0.6 is 22.9 Å². The predicted octanol–water partition coefficient (Wildman–Crippen LogP) is 4.33. The minimum absolute atomic E-state index is 0.0244. The van der Waals surface area contributed by atoms with Gasteiger partial charge in [0.15, 0.2) is 0 Å². The Kier molecular flexibility index (Phi) is 5.65. The molecule has 0 radical (unpaired) electrons. The summed E-state index contributed by atoms with van der Waals surface area (Å²) in [5.74, 6) is 1.46. The highest BCUT2D eigenvalue weighted by Gasteiger charge is 2.18. The van der Waals surface area contributed by atoms with Gasteiger partial charge in [0.2, 0.25) is 0 Å². The zero-order chi connectivity index (χ0) is 18.8. The van der Waals surface area contributed by atoms with Gasteiger partial charge in [0.25, 0.3) is 5.56 Å². The lowest BCUT2D eigenvalue weighted by Crippen LogP contribution is -2.29. The van der Waals surface area contributed by atoms with Crippen molar-refractivity contribution in [1.82, 2.24) is 14.9 Å². The number of ether oxygens (including phenoxy) is 1. The summed E-state index contributed by atoms with van der Waals surface area (Å²) < 4.78 is 5.74. The van der Waals surface area contributed by atoms with Crippen molar-refractivity contribution in [3.05, 3.63) is 55.9 Å². The second-order valence-electron chi connectivity index (χ2n) is 6.37. The number of nitrogens with zero attached hydrogens (tertiary/aromatic N) is 2. The van der Waals surface area contributed by atoms with Crippen LogP contribution in [0.1, 0.15) is 29.2 Å². The van der Waals surface area contributed by atoms with E-state index in [4.69, 9.17) is 16.3 Å². The van der Waals surface area contributed by atoms with Crippen molar-refractivity contribution in [2.24, 2.45) is 0 Å². The smallest absolute Gasteiger partial charge is 0.259 e. The van der Waals surface area contributed by atoms with E-state index in [1.54, 1.807) is 23.5 Å². The van der Waals surface area contributed by atoms with Crippen LogP contribution < -0.4 is 10.3 Å². The van der Waals surface area contributed by atoms with Crippen LogP contribution in [0.25, 0.3) is 10.2 Å². The average molecular weight is 392 g/mol. The van der Waals surface area contributed by atoms with Gasteiger partial charge >= 0.3 is 0 Å². The van der Waals surface area contributed by atoms with E-state index in [0.29, 0.717) is 29.4 Å². The van der Waals surface area contributed by atoms with Gasteiger partial charge in [0, 0.05) is 16.4 Å². The lowest BCUT2D eigenvalue weighted by Gasteiger charge is -2.23. The van der Waals surface area contributed by atoms with Gasteiger partial charge in [-0.15, -0.1) is 11.3 Å². The van der Waals surface area contributed by atoms with Crippen LogP contribution in [-0.4, -0.2) is 35.1 Å². The zero-order valence-corrected chi connectivity index (χ0v) is 16.9. The first-order chi connectivity index (χ1) is 12.4. The molecule has 0 saturated heterocycles. The number of rotatable bonds is 6. The van der Waals surface area contributed by atoms with E-state index in [-0.39, 0.29) is 11.6 Å². The summed E-state index contributed by atoms with van der Waals surface area (Å²) in [6.45, 7) is 7.25. The van der Waals surface area contributed by atoms with Gasteiger partial charge in [0.05, 0.1) is 11.4 Å². The molecule has 3 aromatic rings. The maximum atomic E-state index is 12.4. The number of aromatic nitrogens is 2. The molecule has 7 heteroatoms. The number of H-pyrrole nitrogens is 1. The molecular weight excluding hydrogens is 370 g/mol. The predicted molar refractivity (Wildman–Crippen MR) is 108 cm³/mol. The Bertz CT molecular complexity index is 965. The first-order valence-electron chi connectivity index (χ1n) is 8.45. The topological polar surface area (TPSA) is 58.2 Å². The fraction of sp³-hybridized carbons (Fsp3) is 0.368. The summed E-state index contributed by atoms with van der Waals surface area (Å²) in [4.78, 5) is 24.1. The third-order valence-electron chi connectivity index (χ3n) is 4.64. The maximum Gasteiger partial charge on any atom is 0.259 e. The number of hydrogen-bond donors (Lipinski definition) is 1. The Morgan fingerprint density at radius 2 is 2.00 bits per heavy atom. The largest absolute Gasteiger partial charge is 0.492 e. The standard InChI is InChI=1S/C19H22ClN3O2S/c1-11-13(3)26-19-16(11)18(24)21-17(22-19)12(2)23(4)9-10-25-15-7-5-14(20)6-8-15/h5-8,12H,9-10H2,1-4H3,(H,21,22,24). The van der Waals surface area contributed by atoms with E-state index in [1.807, 2.05) is 40.0 Å². The van der Waals surface area contributed by atoms with E-state index in [2.05, 4.69) is 14.9 Å². The van der Waals surface area contributed by atoms with Crippen LogP contribution in [0.15, 0.2) is 29.1 Å². The molecule has 0 bridgehead atoms. The van der Waals surface area contributed by atoms with Crippen molar-refractivity contribution in [2.45, 2.75) is 26.8 Å². The molecule has 5 nitrogen and oxygen atoms in total. The summed E-state index contributed by atoms with van der Waals surface area (Å²) in [7, 11) is 1.99. The van der Waals surface area contributed by atoms with Crippen molar-refractivity contribution in [3.63, 3.8) is 0 Å². The van der Waals surface area contributed by atoms with E-state index in [0.717, 1.165) is 21.0 Å². The molecule has 0 fully saturated rings. The third-order valence-corrected chi connectivity index (χ3v) is 5.99. The number of hydrogen-bond acceptors (Lipinski definition) is 5. The summed E-state index contributed by atoms with van der Waals surface area (Å²) in [6, 6.07) is 7.28. The van der Waals surface area contributed by atoms with Crippen molar-refractivity contribution < 1.29 is 4.74 Å². The van der Waals surface area contributed by atoms with E-state index in [9.17, 15) is 4.79 Å². The highest BCUT2D eigenvalue weighted by molar-refractivity contribution is 7.18. The summed E-state index contributed by atoms with van der Waals surface area (Å²) in [5, 5.41) is 1.39. The number of aromatic amines is 1. The molecule has 3 rings (SSSR count). The second-order valence-corrected chi connectivity index (χ2v) is 8.01. The Hall–Kier alpha value is -1.89. The van der Waals surface area contributed by atoms with E-state index in [1.165, 1.54) is 0 Å². The number of thiophene rings is 1. The highest BCUT2D eigenvalue weighted by atomic mass is 35.5. The maximum absolute atomic E-state index is 12.4. The van der Waals surface area contributed by atoms with Crippen molar-refractivity contribution in [3.8, 4) is 5.75 Å². The van der Waals surface area contributed by atoms with Gasteiger partial charge < -0.3 is 9.72 Å². The van der Waals surface area contributed by atoms with Crippen LogP contribution in [0.2, 0.25) is 5.02 Å². The first kappa shape index (κ1) is 18.9. The van der Waals surface area contributed by atoms with Crippen molar-refractivity contribution in [1.29, 1.82) is 0 Å². The molecule has 0 saturated carbocycles. The molecule has 2 heterocycles. The van der Waals surface area contributed by atoms with Gasteiger partial charge in [-0.05, 0) is 57.6 Å². The van der Waals surface area contributed by atoms with Crippen LogP contribution in [0.3, 0.4) is 0 Å². The lowest BCUT2D eigenvalue weighted by atomic mass is 10.2. The molecule has 2 aromatic heterocycles. The minimum atomic E-state index is -0.0653. The summed E-state index contributed by atoms with van der Waals surface area (Å²) >= 11 is 7.44. The molecule has 0 aliphatic rings. The fourth-order valence-corrected chi connectivity index (χ4v) is 3.87. The third kappa shape index (κ3) is 3.92. The Morgan fingerprint density at radius 1 is 1.31 bits per heavy atom. The number of nitrogens with one attached hydrogen (secondary N) is 1. The molecule has 1 unspecified atom stereocenters. The van der Waals surface area contributed by atoms with Crippen LogP contribution in [0.4, 0.5) is 0 Å². The van der Waals surface area contributed by atoms with E-state index >= 15 is 0 Å². The number of fused-ring (bicyclic) bond motifs is 1. The normalized spacial score (nSPS) is 12.7. The Morgan fingerprint density at radius 3 is 2.69 bits per heavy atom. The molecule has 0 aliphatic carbocycles. The van der Waals surface area contributed by atoms with E-state index < -0.39 is 0 Å². The Labute approximate surface area is 161 Å². The molecule has 138 valence electrons. The summed E-state index contributed by atoms with van der Waals surface area (Å²) in [6.07, 6.45) is 0. The minimum Gasteiger partial charge on any atom is -0.492 e. The molecule has 0 spiro atoms. The van der Waals surface area contributed by atoms with Gasteiger partial charge in [0.1, 0.15) is 23.0 Å². The molecule has 1 atom stereocenters. The molecular formula is C19H22ClN3O2S. The van der Waals surface area contributed by atoms with Gasteiger partial charge in [-0.1, -0.05) is 11.6 Å². The summed E-state index contributed by atoms with van der Waals surface area (Å²) in [5.41, 5.74) is 0.951. The average Bonchev–Trinajstić information content (AvgIpc) is 2.90. The van der Waals surface area contributed by atoms with Gasteiger partial charge in [-0.25, -0.2) is 4.98 Å². The number of benzene rings is 1. The van der Waals surface area contributed by atoms with Crippen molar-refractivity contribution in [2.75, 3.05) is 20.2 Å². The Balaban J connectivity index is 1.68. The molecule has 26 heavy (non-hydrogen) atoms. The quantitative estimate of drug-likeness (QED) is 0.679. The molecule has 0 amide bonds. The zero-order valence-electron chi connectivity index (χ0n) is 15.3. The van der Waals surface area contributed by atoms with Crippen LogP contribution in [0, 0.1) is 13.8 Å². The number of likely N-dealkylation sites (N-methyl/N-ethyl adjacent to an activating group) is 1. The number of halogens is 1. The second kappa shape index (κ2) is 7.78. The highest BCUT2D eigenvalue weighted by Crippen LogP contribution is 2.27. The fourth-order valence-electron chi connectivity index (χ4n) is 2.71. The van der Waals surface area contributed by atoms with Crippen LogP contribution in [-0.2, 0) is 0 Å². The molecule has 0 aliphatic heterocycles. The SMILES string of the molecule is Cc1sc2nc(C(C)N(C)CCOc3ccc(Cl)cc3)[nH]c(=O)c2c1C. The molecule has 1 aromatic carbocycles.